The summed E-state index contributed by atoms with van der Waals surface area (Å²) in [7, 11) is 0. The Morgan fingerprint density at radius 3 is 2.81 bits per heavy atom. The van der Waals surface area contributed by atoms with Crippen LogP contribution in [0.25, 0.3) is 0 Å². The molecule has 4 heteroatoms. The van der Waals surface area contributed by atoms with Gasteiger partial charge in [0.2, 0.25) is 0 Å². The Morgan fingerprint density at radius 2 is 2.19 bits per heavy atom. The van der Waals surface area contributed by atoms with Crippen LogP contribution in [0, 0.1) is 0 Å². The Balaban J connectivity index is 1.92. The zero-order valence-electron chi connectivity index (χ0n) is 8.64. The van der Waals surface area contributed by atoms with Gasteiger partial charge in [0.15, 0.2) is 0 Å². The van der Waals surface area contributed by atoms with E-state index in [1.165, 1.54) is 4.88 Å². The van der Waals surface area contributed by atoms with Gasteiger partial charge in [-0.25, -0.2) is 0 Å². The Labute approximate surface area is 107 Å². The first-order valence-electron chi connectivity index (χ1n) is 5.05. The predicted octanol–water partition coefficient (Wildman–Crippen LogP) is 3.05. The molecule has 2 heterocycles. The Morgan fingerprint density at radius 1 is 1.31 bits per heavy atom. The lowest BCUT2D eigenvalue weighted by Gasteiger charge is -2.08. The molecular formula is C12H12BrNOS. The maximum Gasteiger partial charge on any atom is 0.0643 e. The number of hydrogen-bond acceptors (Lipinski definition) is 3. The predicted molar refractivity (Wildman–Crippen MR) is 69.7 cm³/mol. The van der Waals surface area contributed by atoms with Crippen molar-refractivity contribution in [1.29, 1.82) is 0 Å². The fourth-order valence-corrected chi connectivity index (χ4v) is 2.51. The van der Waals surface area contributed by atoms with Crippen molar-refractivity contribution in [3.05, 3.63) is 50.9 Å². The van der Waals surface area contributed by atoms with Crippen molar-refractivity contribution in [2.75, 3.05) is 0 Å². The van der Waals surface area contributed by atoms with Crippen LogP contribution in [0.4, 0.5) is 0 Å². The summed E-state index contributed by atoms with van der Waals surface area (Å²) < 4.78 is 0.962. The molecular weight excluding hydrogens is 286 g/mol. The molecule has 2 aromatic heterocycles. The minimum absolute atomic E-state index is 0.354. The SMILES string of the molecule is OC(Cc1ccc(Br)cn1)Cc1cccs1. The molecule has 16 heavy (non-hydrogen) atoms. The highest BCUT2D eigenvalue weighted by Crippen LogP contribution is 2.14. The molecule has 1 atom stereocenters. The second kappa shape index (κ2) is 5.57. The molecule has 0 fully saturated rings. The third-order valence-corrected chi connectivity index (χ3v) is 3.62. The van der Waals surface area contributed by atoms with Crippen molar-refractivity contribution in [1.82, 2.24) is 4.98 Å². The summed E-state index contributed by atoms with van der Waals surface area (Å²) in [4.78, 5) is 5.46. The van der Waals surface area contributed by atoms with Gasteiger partial charge in [-0.15, -0.1) is 11.3 Å². The lowest BCUT2D eigenvalue weighted by molar-refractivity contribution is 0.175. The summed E-state index contributed by atoms with van der Waals surface area (Å²) in [5, 5.41) is 11.9. The molecule has 0 spiro atoms. The first kappa shape index (κ1) is 11.8. The molecule has 0 aliphatic carbocycles. The fraction of sp³-hybridized carbons (Fsp3) is 0.250. The minimum atomic E-state index is -0.354. The maximum atomic E-state index is 9.90. The van der Waals surface area contributed by atoms with Crippen molar-refractivity contribution in [2.45, 2.75) is 18.9 Å². The van der Waals surface area contributed by atoms with Crippen molar-refractivity contribution < 1.29 is 5.11 Å². The van der Waals surface area contributed by atoms with Gasteiger partial charge < -0.3 is 5.11 Å². The second-order valence-corrected chi connectivity index (χ2v) is 5.56. The van der Waals surface area contributed by atoms with Crippen LogP contribution >= 0.6 is 27.3 Å². The summed E-state index contributed by atoms with van der Waals surface area (Å²) in [5.41, 5.74) is 0.923. The van der Waals surface area contributed by atoms with Crippen molar-refractivity contribution >= 4 is 27.3 Å². The number of pyridine rings is 1. The van der Waals surface area contributed by atoms with E-state index in [0.29, 0.717) is 12.8 Å². The van der Waals surface area contributed by atoms with Crippen LogP contribution in [0.2, 0.25) is 0 Å². The summed E-state index contributed by atoms with van der Waals surface area (Å²) >= 11 is 5.01. The van der Waals surface area contributed by atoms with E-state index in [2.05, 4.69) is 20.9 Å². The molecule has 1 unspecified atom stereocenters. The Kier molecular flexibility index (Phi) is 4.09. The molecule has 2 nitrogen and oxygen atoms in total. The van der Waals surface area contributed by atoms with Crippen LogP contribution in [-0.2, 0) is 12.8 Å². The third kappa shape index (κ3) is 3.40. The number of hydrogen-bond donors (Lipinski definition) is 1. The van der Waals surface area contributed by atoms with Gasteiger partial charge in [-0.05, 0) is 39.5 Å². The normalized spacial score (nSPS) is 12.6. The summed E-state index contributed by atoms with van der Waals surface area (Å²) in [6.07, 6.45) is 2.71. The average Bonchev–Trinajstić information content (AvgIpc) is 2.74. The number of aliphatic hydroxyl groups is 1. The summed E-state index contributed by atoms with van der Waals surface area (Å²) in [5.74, 6) is 0. The van der Waals surface area contributed by atoms with E-state index in [4.69, 9.17) is 0 Å². The highest BCUT2D eigenvalue weighted by Gasteiger charge is 2.08. The highest BCUT2D eigenvalue weighted by molar-refractivity contribution is 9.10. The smallest absolute Gasteiger partial charge is 0.0643 e. The van der Waals surface area contributed by atoms with Crippen molar-refractivity contribution in [3.63, 3.8) is 0 Å². The molecule has 0 saturated heterocycles. The van der Waals surface area contributed by atoms with Gasteiger partial charge in [0.1, 0.15) is 0 Å². The first-order chi connectivity index (χ1) is 7.74. The number of nitrogens with zero attached hydrogens (tertiary/aromatic N) is 1. The average molecular weight is 298 g/mol. The van der Waals surface area contributed by atoms with Gasteiger partial charge in [-0.3, -0.25) is 4.98 Å². The van der Waals surface area contributed by atoms with Crippen LogP contribution in [0.1, 0.15) is 10.6 Å². The molecule has 1 N–H and O–H groups in total. The van der Waals surface area contributed by atoms with E-state index in [1.54, 1.807) is 17.5 Å². The van der Waals surface area contributed by atoms with E-state index in [-0.39, 0.29) is 6.10 Å². The third-order valence-electron chi connectivity index (χ3n) is 2.25. The van der Waals surface area contributed by atoms with E-state index < -0.39 is 0 Å². The molecule has 0 aromatic carbocycles. The lowest BCUT2D eigenvalue weighted by Crippen LogP contribution is -2.13. The monoisotopic (exact) mass is 297 g/mol. The maximum absolute atomic E-state index is 9.90. The zero-order chi connectivity index (χ0) is 11.4. The lowest BCUT2D eigenvalue weighted by atomic mass is 10.1. The van der Waals surface area contributed by atoms with Crippen LogP contribution in [0.5, 0.6) is 0 Å². The van der Waals surface area contributed by atoms with Crippen LogP contribution < -0.4 is 0 Å². The van der Waals surface area contributed by atoms with E-state index in [9.17, 15) is 5.11 Å². The largest absolute Gasteiger partial charge is 0.392 e. The van der Waals surface area contributed by atoms with Crippen molar-refractivity contribution in [3.8, 4) is 0 Å². The molecule has 0 saturated carbocycles. The molecule has 0 aliphatic rings. The van der Waals surface area contributed by atoms with Crippen LogP contribution in [0.3, 0.4) is 0 Å². The van der Waals surface area contributed by atoms with Gasteiger partial charge in [-0.2, -0.15) is 0 Å². The topological polar surface area (TPSA) is 33.1 Å². The molecule has 84 valence electrons. The molecule has 0 bridgehead atoms. The van der Waals surface area contributed by atoms with Gasteiger partial charge in [0.05, 0.1) is 6.10 Å². The fourth-order valence-electron chi connectivity index (χ4n) is 1.50. The number of aromatic nitrogens is 1. The quantitative estimate of drug-likeness (QED) is 0.941. The zero-order valence-corrected chi connectivity index (χ0v) is 11.0. The first-order valence-corrected chi connectivity index (χ1v) is 6.72. The molecule has 0 aliphatic heterocycles. The Bertz CT molecular complexity index is 427. The van der Waals surface area contributed by atoms with E-state index in [1.807, 2.05) is 29.6 Å². The molecule has 0 radical (unpaired) electrons. The summed E-state index contributed by atoms with van der Waals surface area (Å²) in [6.45, 7) is 0. The number of aliphatic hydroxyl groups excluding tert-OH is 1. The van der Waals surface area contributed by atoms with E-state index in [0.717, 1.165) is 10.2 Å². The number of thiophene rings is 1. The van der Waals surface area contributed by atoms with Gasteiger partial charge in [-0.1, -0.05) is 6.07 Å². The van der Waals surface area contributed by atoms with Crippen LogP contribution in [0.15, 0.2) is 40.3 Å². The molecule has 2 aromatic rings. The van der Waals surface area contributed by atoms with Crippen LogP contribution in [-0.4, -0.2) is 16.2 Å². The second-order valence-electron chi connectivity index (χ2n) is 3.61. The van der Waals surface area contributed by atoms with E-state index >= 15 is 0 Å². The standard InChI is InChI=1S/C12H12BrNOS/c13-9-3-4-10(14-8-9)6-11(15)7-12-2-1-5-16-12/h1-5,8,11,15H,6-7H2. The van der Waals surface area contributed by atoms with Gasteiger partial charge in [0, 0.05) is 34.1 Å². The summed E-state index contributed by atoms with van der Waals surface area (Å²) in [6, 6.07) is 7.93. The van der Waals surface area contributed by atoms with Gasteiger partial charge >= 0.3 is 0 Å². The number of rotatable bonds is 4. The highest BCUT2D eigenvalue weighted by atomic mass is 79.9. The molecule has 2 rings (SSSR count). The molecule has 0 amide bonds. The van der Waals surface area contributed by atoms with Crippen molar-refractivity contribution in [2.24, 2.45) is 0 Å². The van der Waals surface area contributed by atoms with Gasteiger partial charge in [0.25, 0.3) is 0 Å². The number of halogens is 1. The minimum Gasteiger partial charge on any atom is -0.392 e. The Hall–Kier alpha value is -0.710.